The normalized spacial score (nSPS) is 10.5. The summed E-state index contributed by atoms with van der Waals surface area (Å²) in [6.07, 6.45) is 0. The van der Waals surface area contributed by atoms with Gasteiger partial charge in [0, 0.05) is 21.1 Å². The Labute approximate surface area is 111 Å². The molecule has 88 valence electrons. The Morgan fingerprint density at radius 1 is 1.41 bits per heavy atom. The monoisotopic (exact) mass is 311 g/mol. The number of aryl methyl sites for hydroxylation is 1. The van der Waals surface area contributed by atoms with E-state index in [1.165, 1.54) is 4.57 Å². The van der Waals surface area contributed by atoms with Crippen molar-refractivity contribution in [1.29, 1.82) is 0 Å². The summed E-state index contributed by atoms with van der Waals surface area (Å²) in [5, 5.41) is 1.76. The van der Waals surface area contributed by atoms with E-state index in [1.807, 2.05) is 19.1 Å². The second-order valence-corrected chi connectivity index (χ2v) is 5.31. The van der Waals surface area contributed by atoms with Crippen molar-refractivity contribution in [3.05, 3.63) is 55.0 Å². The Bertz CT molecular complexity index is 615. The van der Waals surface area contributed by atoms with Gasteiger partial charge >= 0.3 is 4.87 Å². The molecular formula is C12H10BrNO2S. The zero-order valence-corrected chi connectivity index (χ0v) is 11.5. The van der Waals surface area contributed by atoms with Gasteiger partial charge in [0.1, 0.15) is 0 Å². The average molecular weight is 312 g/mol. The van der Waals surface area contributed by atoms with Gasteiger partial charge in [0.15, 0.2) is 5.78 Å². The molecule has 5 heteroatoms. The number of hydrogen-bond acceptors (Lipinski definition) is 3. The fourth-order valence-corrected chi connectivity index (χ4v) is 2.75. The van der Waals surface area contributed by atoms with Crippen molar-refractivity contribution in [1.82, 2.24) is 4.57 Å². The van der Waals surface area contributed by atoms with Gasteiger partial charge in [0.2, 0.25) is 0 Å². The highest BCUT2D eigenvalue weighted by Gasteiger charge is 2.12. The van der Waals surface area contributed by atoms with E-state index in [2.05, 4.69) is 15.9 Å². The largest absolute Gasteiger partial charge is 0.307 e. The number of rotatable bonds is 3. The molecule has 0 amide bonds. The van der Waals surface area contributed by atoms with E-state index in [0.29, 0.717) is 5.56 Å². The highest BCUT2D eigenvalue weighted by Crippen LogP contribution is 2.17. The molecule has 2 aromatic rings. The van der Waals surface area contributed by atoms with E-state index < -0.39 is 0 Å². The molecule has 0 radical (unpaired) electrons. The summed E-state index contributed by atoms with van der Waals surface area (Å²) < 4.78 is 2.25. The molecule has 0 saturated carbocycles. The van der Waals surface area contributed by atoms with Crippen LogP contribution in [0, 0.1) is 6.92 Å². The number of ketones is 1. The van der Waals surface area contributed by atoms with Crippen LogP contribution in [0.25, 0.3) is 0 Å². The van der Waals surface area contributed by atoms with Crippen molar-refractivity contribution in [2.24, 2.45) is 0 Å². The standard InChI is InChI=1S/C12H10BrNO2S/c1-8-7-17-12(16)14(8)6-11(15)9-4-2-3-5-10(9)13/h2-5,7H,6H2,1H3. The number of carbonyl (C=O) groups is 1. The molecule has 0 N–H and O–H groups in total. The third-order valence-electron chi connectivity index (χ3n) is 2.45. The summed E-state index contributed by atoms with van der Waals surface area (Å²) in [4.78, 5) is 23.5. The van der Waals surface area contributed by atoms with Crippen LogP contribution in [0.1, 0.15) is 16.1 Å². The maximum Gasteiger partial charge on any atom is 0.307 e. The number of benzene rings is 1. The van der Waals surface area contributed by atoms with Crippen molar-refractivity contribution in [2.75, 3.05) is 0 Å². The summed E-state index contributed by atoms with van der Waals surface area (Å²) in [6.45, 7) is 1.92. The molecule has 1 aromatic heterocycles. The SMILES string of the molecule is Cc1csc(=O)n1CC(=O)c1ccccc1Br. The molecule has 0 aliphatic rings. The minimum Gasteiger partial charge on any atom is -0.296 e. The predicted octanol–water partition coefficient (Wildman–Crippen LogP) is 2.86. The quantitative estimate of drug-likeness (QED) is 0.818. The minimum absolute atomic E-state index is 0.0684. The predicted molar refractivity (Wildman–Crippen MR) is 71.8 cm³/mol. The first-order chi connectivity index (χ1) is 8.09. The highest BCUT2D eigenvalue weighted by atomic mass is 79.9. The molecule has 2 rings (SSSR count). The van der Waals surface area contributed by atoms with E-state index in [9.17, 15) is 9.59 Å². The second-order valence-electron chi connectivity index (χ2n) is 3.63. The van der Waals surface area contributed by atoms with Crippen LogP contribution in [-0.2, 0) is 6.54 Å². The maximum absolute atomic E-state index is 12.1. The molecule has 0 aliphatic carbocycles. The van der Waals surface area contributed by atoms with Crippen LogP contribution in [-0.4, -0.2) is 10.4 Å². The van der Waals surface area contributed by atoms with Gasteiger partial charge in [-0.2, -0.15) is 0 Å². The Morgan fingerprint density at radius 3 is 2.71 bits per heavy atom. The molecule has 0 fully saturated rings. The molecule has 0 atom stereocenters. The Hall–Kier alpha value is -1.20. The number of carbonyl (C=O) groups excluding carboxylic acids is 1. The number of nitrogens with zero attached hydrogens (tertiary/aromatic N) is 1. The molecule has 0 spiro atoms. The van der Waals surface area contributed by atoms with Crippen molar-refractivity contribution in [3.63, 3.8) is 0 Å². The third-order valence-corrected chi connectivity index (χ3v) is 4.02. The third kappa shape index (κ3) is 2.56. The topological polar surface area (TPSA) is 39.1 Å². The molecule has 0 aliphatic heterocycles. The Morgan fingerprint density at radius 2 is 2.12 bits per heavy atom. The van der Waals surface area contributed by atoms with E-state index in [0.717, 1.165) is 21.5 Å². The number of Topliss-reactive ketones (excluding diaryl/α,β-unsaturated/α-hetero) is 1. The van der Waals surface area contributed by atoms with Gasteiger partial charge in [-0.15, -0.1) is 0 Å². The lowest BCUT2D eigenvalue weighted by molar-refractivity contribution is 0.0970. The number of thiazole rings is 1. The fraction of sp³-hybridized carbons (Fsp3) is 0.167. The van der Waals surface area contributed by atoms with Gasteiger partial charge in [-0.1, -0.05) is 45.5 Å². The first-order valence-corrected chi connectivity index (χ1v) is 6.69. The lowest BCUT2D eigenvalue weighted by Crippen LogP contribution is -2.20. The van der Waals surface area contributed by atoms with Crippen LogP contribution in [0.4, 0.5) is 0 Å². The van der Waals surface area contributed by atoms with Gasteiger partial charge in [-0.3, -0.25) is 14.2 Å². The Kier molecular flexibility index (Phi) is 3.59. The molecule has 3 nitrogen and oxygen atoms in total. The van der Waals surface area contributed by atoms with Gasteiger partial charge in [-0.25, -0.2) is 0 Å². The molecular weight excluding hydrogens is 302 g/mol. The van der Waals surface area contributed by atoms with Crippen molar-refractivity contribution in [3.8, 4) is 0 Å². The smallest absolute Gasteiger partial charge is 0.296 e. The zero-order chi connectivity index (χ0) is 12.4. The van der Waals surface area contributed by atoms with Crippen LogP contribution in [0.15, 0.2) is 38.9 Å². The highest BCUT2D eigenvalue weighted by molar-refractivity contribution is 9.10. The Balaban J connectivity index is 2.30. The average Bonchev–Trinajstić information content (AvgIpc) is 2.61. The molecule has 0 bridgehead atoms. The summed E-state index contributed by atoms with van der Waals surface area (Å²) in [5.41, 5.74) is 1.42. The summed E-state index contributed by atoms with van der Waals surface area (Å²) in [5.74, 6) is -0.0684. The number of aromatic nitrogens is 1. The van der Waals surface area contributed by atoms with Crippen LogP contribution < -0.4 is 4.87 Å². The fourth-order valence-electron chi connectivity index (χ4n) is 1.51. The number of hydrogen-bond donors (Lipinski definition) is 0. The molecule has 17 heavy (non-hydrogen) atoms. The molecule has 1 aromatic carbocycles. The van der Waals surface area contributed by atoms with Crippen molar-refractivity contribution in [2.45, 2.75) is 13.5 Å². The van der Waals surface area contributed by atoms with E-state index in [4.69, 9.17) is 0 Å². The zero-order valence-electron chi connectivity index (χ0n) is 9.14. The van der Waals surface area contributed by atoms with Gasteiger partial charge in [-0.05, 0) is 13.0 Å². The lowest BCUT2D eigenvalue weighted by atomic mass is 10.1. The van der Waals surface area contributed by atoms with Crippen LogP contribution >= 0.6 is 27.3 Å². The van der Waals surface area contributed by atoms with Gasteiger partial charge in [0.05, 0.1) is 6.54 Å². The van der Waals surface area contributed by atoms with Gasteiger partial charge < -0.3 is 0 Å². The second kappa shape index (κ2) is 4.98. The maximum atomic E-state index is 12.1. The lowest BCUT2D eigenvalue weighted by Gasteiger charge is -2.05. The molecule has 0 unspecified atom stereocenters. The van der Waals surface area contributed by atoms with Gasteiger partial charge in [0.25, 0.3) is 0 Å². The van der Waals surface area contributed by atoms with E-state index in [1.54, 1.807) is 17.5 Å². The van der Waals surface area contributed by atoms with Crippen LogP contribution in [0.2, 0.25) is 0 Å². The minimum atomic E-state index is -0.0945. The summed E-state index contributed by atoms with van der Waals surface area (Å²) in [6, 6.07) is 7.22. The molecule has 1 heterocycles. The van der Waals surface area contributed by atoms with Crippen LogP contribution in [0.3, 0.4) is 0 Å². The first kappa shape index (κ1) is 12.3. The van der Waals surface area contributed by atoms with E-state index in [-0.39, 0.29) is 17.2 Å². The summed E-state index contributed by atoms with van der Waals surface area (Å²) in [7, 11) is 0. The van der Waals surface area contributed by atoms with Crippen LogP contribution in [0.5, 0.6) is 0 Å². The van der Waals surface area contributed by atoms with Crippen molar-refractivity contribution >= 4 is 33.0 Å². The first-order valence-electron chi connectivity index (χ1n) is 5.02. The van der Waals surface area contributed by atoms with E-state index >= 15 is 0 Å². The molecule has 0 saturated heterocycles. The van der Waals surface area contributed by atoms with Crippen molar-refractivity contribution < 1.29 is 4.79 Å². The number of halogens is 1. The summed E-state index contributed by atoms with van der Waals surface area (Å²) >= 11 is 4.45.